The first-order valence-electron chi connectivity index (χ1n) is 8.70. The van der Waals surface area contributed by atoms with Crippen molar-refractivity contribution in [1.82, 2.24) is 20.1 Å². The average molecular weight is 342 g/mol. The summed E-state index contributed by atoms with van der Waals surface area (Å²) in [5.41, 5.74) is 1.14. The van der Waals surface area contributed by atoms with Crippen molar-refractivity contribution in [2.24, 2.45) is 0 Å². The van der Waals surface area contributed by atoms with Crippen LogP contribution in [-0.4, -0.2) is 52.3 Å². The zero-order valence-corrected chi connectivity index (χ0v) is 14.3. The van der Waals surface area contributed by atoms with E-state index in [0.29, 0.717) is 38.5 Å². The number of amides is 1. The summed E-state index contributed by atoms with van der Waals surface area (Å²) in [6.07, 6.45) is 1.11. The molecule has 1 N–H and O–H groups in total. The van der Waals surface area contributed by atoms with Gasteiger partial charge in [-0.15, -0.1) is 0 Å². The van der Waals surface area contributed by atoms with Gasteiger partial charge in [0.15, 0.2) is 5.82 Å². The highest BCUT2D eigenvalue weighted by Crippen LogP contribution is 2.36. The molecule has 2 aliphatic rings. The number of aryl methyl sites for hydroxylation is 1. The van der Waals surface area contributed by atoms with Gasteiger partial charge in [0.25, 0.3) is 0 Å². The van der Waals surface area contributed by atoms with Gasteiger partial charge in [0.2, 0.25) is 5.91 Å². The maximum Gasteiger partial charge on any atom is 0.223 e. The van der Waals surface area contributed by atoms with Gasteiger partial charge >= 0.3 is 0 Å². The Morgan fingerprint density at radius 3 is 3.08 bits per heavy atom. The molecule has 0 saturated carbocycles. The Morgan fingerprint density at radius 2 is 2.24 bits per heavy atom. The van der Waals surface area contributed by atoms with Crippen LogP contribution < -0.4 is 4.74 Å². The van der Waals surface area contributed by atoms with Gasteiger partial charge in [0.1, 0.15) is 17.7 Å². The van der Waals surface area contributed by atoms with E-state index in [9.17, 15) is 4.79 Å². The van der Waals surface area contributed by atoms with Crippen LogP contribution in [0.5, 0.6) is 5.75 Å². The number of para-hydroxylation sites is 1. The number of nitrogens with one attached hydrogen (secondary N) is 1. The Morgan fingerprint density at radius 1 is 1.36 bits per heavy atom. The molecule has 0 radical (unpaired) electrons. The Labute approximate surface area is 146 Å². The van der Waals surface area contributed by atoms with Crippen LogP contribution in [0.2, 0.25) is 0 Å². The van der Waals surface area contributed by atoms with Gasteiger partial charge in [0, 0.05) is 13.0 Å². The van der Waals surface area contributed by atoms with Crippen LogP contribution in [0, 0.1) is 6.92 Å². The summed E-state index contributed by atoms with van der Waals surface area (Å²) in [4.78, 5) is 19.0. The van der Waals surface area contributed by atoms with E-state index in [0.717, 1.165) is 23.6 Å². The lowest BCUT2D eigenvalue weighted by Gasteiger charge is -2.33. The molecule has 0 bridgehead atoms. The lowest BCUT2D eigenvalue weighted by molar-refractivity contribution is -0.139. The van der Waals surface area contributed by atoms with E-state index in [2.05, 4.69) is 21.2 Å². The quantitative estimate of drug-likeness (QED) is 0.922. The fourth-order valence-electron chi connectivity index (χ4n) is 3.50. The van der Waals surface area contributed by atoms with Gasteiger partial charge in [-0.3, -0.25) is 9.89 Å². The molecule has 7 heteroatoms. The topological polar surface area (TPSA) is 80.3 Å². The number of benzene rings is 1. The summed E-state index contributed by atoms with van der Waals surface area (Å²) in [6, 6.07) is 8.00. The molecule has 1 aromatic heterocycles. The highest BCUT2D eigenvalue weighted by atomic mass is 16.5. The van der Waals surface area contributed by atoms with Crippen LogP contribution in [0.25, 0.3) is 0 Å². The van der Waals surface area contributed by atoms with Gasteiger partial charge in [-0.1, -0.05) is 18.2 Å². The number of rotatable bonds is 3. The highest BCUT2D eigenvalue weighted by molar-refractivity contribution is 5.77. The summed E-state index contributed by atoms with van der Waals surface area (Å²) in [6.45, 7) is 4.14. The highest BCUT2D eigenvalue weighted by Gasteiger charge is 2.30. The molecule has 1 fully saturated rings. The minimum Gasteiger partial charge on any atom is -0.493 e. The van der Waals surface area contributed by atoms with Crippen molar-refractivity contribution in [3.8, 4) is 5.75 Å². The molecule has 25 heavy (non-hydrogen) atoms. The molecule has 1 amide bonds. The number of aromatic nitrogens is 3. The first kappa shape index (κ1) is 16.1. The van der Waals surface area contributed by atoms with E-state index in [4.69, 9.17) is 9.47 Å². The smallest absolute Gasteiger partial charge is 0.223 e. The molecule has 1 aromatic carbocycles. The van der Waals surface area contributed by atoms with Crippen LogP contribution in [0.1, 0.15) is 42.1 Å². The van der Waals surface area contributed by atoms with E-state index in [-0.39, 0.29) is 17.9 Å². The number of carbonyl (C=O) groups is 1. The van der Waals surface area contributed by atoms with E-state index in [1.165, 1.54) is 0 Å². The van der Waals surface area contributed by atoms with Crippen LogP contribution in [-0.2, 0) is 9.53 Å². The molecular weight excluding hydrogens is 320 g/mol. The van der Waals surface area contributed by atoms with Crippen molar-refractivity contribution in [3.63, 3.8) is 0 Å². The predicted octanol–water partition coefficient (Wildman–Crippen LogP) is 1.97. The molecule has 2 aliphatic heterocycles. The first-order chi connectivity index (χ1) is 12.2. The second-order valence-corrected chi connectivity index (χ2v) is 6.55. The summed E-state index contributed by atoms with van der Waals surface area (Å²) in [7, 11) is 0. The Kier molecular flexibility index (Phi) is 4.40. The monoisotopic (exact) mass is 342 g/mol. The van der Waals surface area contributed by atoms with Gasteiger partial charge < -0.3 is 14.4 Å². The first-order valence-corrected chi connectivity index (χ1v) is 8.70. The molecule has 2 aromatic rings. The zero-order chi connectivity index (χ0) is 17.2. The number of aromatic amines is 1. The number of ether oxygens (including phenoxy) is 2. The molecule has 7 nitrogen and oxygen atoms in total. The van der Waals surface area contributed by atoms with Crippen molar-refractivity contribution in [1.29, 1.82) is 0 Å². The number of H-pyrrole nitrogens is 1. The van der Waals surface area contributed by atoms with Crippen molar-refractivity contribution < 1.29 is 14.3 Å². The summed E-state index contributed by atoms with van der Waals surface area (Å²) in [5.74, 6) is 2.64. The fourth-order valence-corrected chi connectivity index (χ4v) is 3.50. The lowest BCUT2D eigenvalue weighted by Crippen LogP contribution is -2.43. The van der Waals surface area contributed by atoms with Crippen molar-refractivity contribution in [2.75, 3.05) is 26.3 Å². The Hall–Kier alpha value is -2.41. The molecule has 0 unspecified atom stereocenters. The van der Waals surface area contributed by atoms with E-state index in [1.807, 2.05) is 30.0 Å². The number of fused-ring (bicyclic) bond motifs is 1. The molecule has 3 heterocycles. The number of nitrogens with zero attached hydrogens (tertiary/aromatic N) is 3. The van der Waals surface area contributed by atoms with Crippen molar-refractivity contribution >= 4 is 5.91 Å². The van der Waals surface area contributed by atoms with Gasteiger partial charge in [0.05, 0.1) is 19.8 Å². The van der Waals surface area contributed by atoms with Crippen molar-refractivity contribution in [3.05, 3.63) is 41.5 Å². The third-order valence-electron chi connectivity index (χ3n) is 4.83. The van der Waals surface area contributed by atoms with E-state index >= 15 is 0 Å². The molecule has 2 atom stereocenters. The average Bonchev–Trinajstić information content (AvgIpc) is 3.09. The Balaban J connectivity index is 1.43. The molecule has 4 rings (SSSR count). The largest absolute Gasteiger partial charge is 0.493 e. The lowest BCUT2D eigenvalue weighted by atomic mass is 9.90. The van der Waals surface area contributed by atoms with Crippen LogP contribution in [0.15, 0.2) is 24.3 Å². The summed E-state index contributed by atoms with van der Waals surface area (Å²) < 4.78 is 11.4. The second-order valence-electron chi connectivity index (χ2n) is 6.55. The number of hydrogen-bond donors (Lipinski definition) is 1. The van der Waals surface area contributed by atoms with Gasteiger partial charge in [-0.25, -0.2) is 4.98 Å². The Bertz CT molecular complexity index is 760. The number of hydrogen-bond acceptors (Lipinski definition) is 5. The maximum atomic E-state index is 12.8. The van der Waals surface area contributed by atoms with Crippen LogP contribution in [0.4, 0.5) is 0 Å². The normalized spacial score (nSPS) is 23.0. The second kappa shape index (κ2) is 6.84. The van der Waals surface area contributed by atoms with E-state index < -0.39 is 0 Å². The summed E-state index contributed by atoms with van der Waals surface area (Å²) in [5, 5.41) is 6.99. The van der Waals surface area contributed by atoms with Crippen LogP contribution >= 0.6 is 0 Å². The molecule has 1 saturated heterocycles. The molecule has 0 spiro atoms. The van der Waals surface area contributed by atoms with Crippen LogP contribution in [0.3, 0.4) is 0 Å². The zero-order valence-electron chi connectivity index (χ0n) is 14.3. The van der Waals surface area contributed by atoms with Gasteiger partial charge in [-0.2, -0.15) is 5.10 Å². The molecule has 132 valence electrons. The summed E-state index contributed by atoms with van der Waals surface area (Å²) >= 11 is 0. The third-order valence-corrected chi connectivity index (χ3v) is 4.83. The standard InChI is InChI=1S/C18H22N4O3/c1-12-19-18(21-20-12)16-11-22(7-9-25-16)17(23)10-13-6-8-24-15-5-3-2-4-14(13)15/h2-5,13,16H,6-11H2,1H3,(H,19,20,21)/t13-,16+/m0/s1. The van der Waals surface area contributed by atoms with Crippen molar-refractivity contribution in [2.45, 2.75) is 31.8 Å². The number of morpholine rings is 1. The molecular formula is C18H22N4O3. The van der Waals surface area contributed by atoms with Gasteiger partial charge in [-0.05, 0) is 30.9 Å². The van der Waals surface area contributed by atoms with E-state index in [1.54, 1.807) is 0 Å². The third kappa shape index (κ3) is 3.37. The fraction of sp³-hybridized carbons (Fsp3) is 0.500. The number of carbonyl (C=O) groups excluding carboxylic acids is 1. The SMILES string of the molecule is Cc1nc([C@H]2CN(C(=O)C[C@@H]3CCOc4ccccc43)CCO2)n[nH]1. The minimum atomic E-state index is -0.260. The predicted molar refractivity (Wildman–Crippen MR) is 90.3 cm³/mol. The molecule has 0 aliphatic carbocycles. The maximum absolute atomic E-state index is 12.8. The minimum absolute atomic E-state index is 0.155.